The molecular formula is C23H30N4O3. The van der Waals surface area contributed by atoms with Crippen molar-refractivity contribution in [1.29, 1.82) is 0 Å². The van der Waals surface area contributed by atoms with E-state index in [-0.39, 0.29) is 5.91 Å². The van der Waals surface area contributed by atoms with Gasteiger partial charge in [0.25, 0.3) is 0 Å². The number of guanidine groups is 1. The quantitative estimate of drug-likeness (QED) is 0.541. The molecule has 1 aliphatic heterocycles. The zero-order valence-electron chi connectivity index (χ0n) is 17.6. The number of aliphatic imine (C=N–C) groups is 1. The fourth-order valence-electron chi connectivity index (χ4n) is 3.73. The summed E-state index contributed by atoms with van der Waals surface area (Å²) in [7, 11) is 3.41. The molecule has 1 heterocycles. The van der Waals surface area contributed by atoms with Gasteiger partial charge in [-0.05, 0) is 48.6 Å². The van der Waals surface area contributed by atoms with Gasteiger partial charge in [-0.3, -0.25) is 9.79 Å². The van der Waals surface area contributed by atoms with Gasteiger partial charge >= 0.3 is 0 Å². The van der Waals surface area contributed by atoms with E-state index in [4.69, 9.17) is 15.2 Å². The molecule has 30 heavy (non-hydrogen) atoms. The second kappa shape index (κ2) is 10.5. The Morgan fingerprint density at radius 2 is 1.93 bits per heavy atom. The van der Waals surface area contributed by atoms with E-state index in [1.165, 1.54) is 0 Å². The molecule has 0 spiro atoms. The minimum Gasteiger partial charge on any atom is -0.493 e. The van der Waals surface area contributed by atoms with Crippen molar-refractivity contribution >= 4 is 11.9 Å². The van der Waals surface area contributed by atoms with Crippen molar-refractivity contribution in [1.82, 2.24) is 10.2 Å². The Kier molecular flexibility index (Phi) is 7.54. The average Bonchev–Trinajstić information content (AvgIpc) is 2.75. The minimum atomic E-state index is -0.236. The van der Waals surface area contributed by atoms with Gasteiger partial charge in [-0.2, -0.15) is 0 Å². The standard InChI is InChI=1S/C23H30N4O3/c1-25-23(27-13-5-6-18(16-27)14-22(24)28)26-15-17-9-11-19(12-10-17)30-21-8-4-3-7-20(21)29-2/h3-4,7-12,18H,5-6,13-16H2,1-2H3,(H2,24,28)(H,25,26). The van der Waals surface area contributed by atoms with E-state index in [0.717, 1.165) is 43.2 Å². The van der Waals surface area contributed by atoms with E-state index in [1.54, 1.807) is 14.2 Å². The van der Waals surface area contributed by atoms with Crippen molar-refractivity contribution in [3.05, 3.63) is 54.1 Å². The van der Waals surface area contributed by atoms with Gasteiger partial charge in [-0.1, -0.05) is 24.3 Å². The summed E-state index contributed by atoms with van der Waals surface area (Å²) in [5, 5.41) is 3.42. The van der Waals surface area contributed by atoms with E-state index in [1.807, 2.05) is 48.5 Å². The number of carbonyl (C=O) groups excluding carboxylic acids is 1. The zero-order chi connectivity index (χ0) is 21.3. The van der Waals surface area contributed by atoms with Crippen molar-refractivity contribution in [2.75, 3.05) is 27.2 Å². The smallest absolute Gasteiger partial charge is 0.217 e. The molecule has 3 N–H and O–H groups in total. The van der Waals surface area contributed by atoms with Crippen molar-refractivity contribution < 1.29 is 14.3 Å². The summed E-state index contributed by atoms with van der Waals surface area (Å²) in [5.41, 5.74) is 6.49. The molecule has 0 bridgehead atoms. The first kappa shape index (κ1) is 21.5. The summed E-state index contributed by atoms with van der Waals surface area (Å²) in [4.78, 5) is 17.9. The van der Waals surface area contributed by atoms with Crippen LogP contribution in [0.1, 0.15) is 24.8 Å². The van der Waals surface area contributed by atoms with E-state index in [9.17, 15) is 4.79 Å². The van der Waals surface area contributed by atoms with Gasteiger partial charge < -0.3 is 25.4 Å². The molecule has 7 heteroatoms. The highest BCUT2D eigenvalue weighted by Gasteiger charge is 2.23. The summed E-state index contributed by atoms with van der Waals surface area (Å²) >= 11 is 0. The molecule has 160 valence electrons. The predicted octanol–water partition coefficient (Wildman–Crippen LogP) is 3.15. The van der Waals surface area contributed by atoms with Crippen LogP contribution in [-0.2, 0) is 11.3 Å². The fourth-order valence-corrected chi connectivity index (χ4v) is 3.73. The number of likely N-dealkylation sites (tertiary alicyclic amines) is 1. The van der Waals surface area contributed by atoms with E-state index < -0.39 is 0 Å². The molecule has 0 radical (unpaired) electrons. The van der Waals surface area contributed by atoms with Gasteiger partial charge in [0, 0.05) is 33.1 Å². The SMILES string of the molecule is CN=C(NCc1ccc(Oc2ccccc2OC)cc1)N1CCCC(CC(N)=O)C1. The summed E-state index contributed by atoms with van der Waals surface area (Å²) in [6.07, 6.45) is 2.50. The molecular weight excluding hydrogens is 380 g/mol. The third kappa shape index (κ3) is 5.89. The van der Waals surface area contributed by atoms with Crippen LogP contribution in [0.4, 0.5) is 0 Å². The van der Waals surface area contributed by atoms with Crippen LogP contribution < -0.4 is 20.5 Å². The summed E-state index contributed by atoms with van der Waals surface area (Å²) in [6, 6.07) is 15.5. The van der Waals surface area contributed by atoms with Crippen LogP contribution in [-0.4, -0.2) is 44.0 Å². The normalized spacial score (nSPS) is 16.8. The number of piperidine rings is 1. The zero-order valence-corrected chi connectivity index (χ0v) is 17.6. The number of hydrogen-bond acceptors (Lipinski definition) is 4. The van der Waals surface area contributed by atoms with Crippen LogP contribution >= 0.6 is 0 Å². The number of carbonyl (C=O) groups is 1. The van der Waals surface area contributed by atoms with Gasteiger partial charge in [0.2, 0.25) is 5.91 Å². The maximum Gasteiger partial charge on any atom is 0.217 e. The molecule has 1 atom stereocenters. The van der Waals surface area contributed by atoms with Crippen LogP contribution in [0.5, 0.6) is 17.2 Å². The molecule has 1 amide bonds. The van der Waals surface area contributed by atoms with Crippen molar-refractivity contribution in [2.24, 2.45) is 16.6 Å². The lowest BCUT2D eigenvalue weighted by Gasteiger charge is -2.34. The number of primary amides is 1. The molecule has 0 aliphatic carbocycles. The van der Waals surface area contributed by atoms with Crippen LogP contribution in [0.2, 0.25) is 0 Å². The maximum absolute atomic E-state index is 11.2. The molecule has 0 saturated carbocycles. The highest BCUT2D eigenvalue weighted by atomic mass is 16.5. The summed E-state index contributed by atoms with van der Waals surface area (Å²) in [5.74, 6) is 3.03. The molecule has 0 aromatic heterocycles. The Morgan fingerprint density at radius 3 is 2.60 bits per heavy atom. The highest BCUT2D eigenvalue weighted by Crippen LogP contribution is 2.30. The Bertz CT molecular complexity index is 867. The van der Waals surface area contributed by atoms with Gasteiger partial charge in [0.1, 0.15) is 5.75 Å². The van der Waals surface area contributed by atoms with Crippen molar-refractivity contribution in [3.8, 4) is 17.2 Å². The lowest BCUT2D eigenvalue weighted by atomic mass is 9.95. The first-order chi connectivity index (χ1) is 14.6. The Labute approximate surface area is 177 Å². The van der Waals surface area contributed by atoms with Crippen molar-refractivity contribution in [3.63, 3.8) is 0 Å². The number of hydrogen-bond donors (Lipinski definition) is 2. The number of rotatable bonds is 7. The van der Waals surface area contributed by atoms with Gasteiger partial charge in [0.15, 0.2) is 17.5 Å². The number of nitrogens with zero attached hydrogens (tertiary/aromatic N) is 2. The number of methoxy groups -OCH3 is 1. The first-order valence-corrected chi connectivity index (χ1v) is 10.2. The molecule has 2 aromatic carbocycles. The van der Waals surface area contributed by atoms with Crippen molar-refractivity contribution in [2.45, 2.75) is 25.8 Å². The topological polar surface area (TPSA) is 89.2 Å². The lowest BCUT2D eigenvalue weighted by Crippen LogP contribution is -2.46. The van der Waals surface area contributed by atoms with Crippen LogP contribution in [0.15, 0.2) is 53.5 Å². The number of nitrogens with two attached hydrogens (primary N) is 1. The third-order valence-corrected chi connectivity index (χ3v) is 5.19. The second-order valence-corrected chi connectivity index (χ2v) is 7.42. The average molecular weight is 411 g/mol. The summed E-state index contributed by atoms with van der Waals surface area (Å²) < 4.78 is 11.3. The van der Waals surface area contributed by atoms with Crippen LogP contribution in [0.3, 0.4) is 0 Å². The second-order valence-electron chi connectivity index (χ2n) is 7.42. The number of amides is 1. The molecule has 3 rings (SSSR count). The molecule has 2 aromatic rings. The highest BCUT2D eigenvalue weighted by molar-refractivity contribution is 5.80. The summed E-state index contributed by atoms with van der Waals surface area (Å²) in [6.45, 7) is 2.38. The number of ether oxygens (including phenoxy) is 2. The Hall–Kier alpha value is -3.22. The molecule has 7 nitrogen and oxygen atoms in total. The minimum absolute atomic E-state index is 0.236. The van der Waals surface area contributed by atoms with E-state index in [0.29, 0.717) is 30.4 Å². The van der Waals surface area contributed by atoms with Gasteiger partial charge in [-0.25, -0.2) is 0 Å². The molecule has 1 fully saturated rings. The maximum atomic E-state index is 11.2. The van der Waals surface area contributed by atoms with Gasteiger partial charge in [-0.15, -0.1) is 0 Å². The third-order valence-electron chi connectivity index (χ3n) is 5.19. The van der Waals surface area contributed by atoms with Gasteiger partial charge in [0.05, 0.1) is 7.11 Å². The van der Waals surface area contributed by atoms with E-state index in [2.05, 4.69) is 15.2 Å². The monoisotopic (exact) mass is 410 g/mol. The Balaban J connectivity index is 1.55. The largest absolute Gasteiger partial charge is 0.493 e. The Morgan fingerprint density at radius 1 is 1.20 bits per heavy atom. The lowest BCUT2D eigenvalue weighted by molar-refractivity contribution is -0.119. The number of benzene rings is 2. The molecule has 1 unspecified atom stereocenters. The van der Waals surface area contributed by atoms with Crippen LogP contribution in [0, 0.1) is 5.92 Å². The molecule has 1 saturated heterocycles. The van der Waals surface area contributed by atoms with E-state index >= 15 is 0 Å². The number of para-hydroxylation sites is 2. The first-order valence-electron chi connectivity index (χ1n) is 10.2. The predicted molar refractivity (Wildman–Crippen MR) is 118 cm³/mol. The van der Waals surface area contributed by atoms with Crippen LogP contribution in [0.25, 0.3) is 0 Å². The fraction of sp³-hybridized carbons (Fsp3) is 0.391. The number of nitrogens with one attached hydrogen (secondary N) is 1. The molecule has 1 aliphatic rings.